The van der Waals surface area contributed by atoms with Crippen LogP contribution in [0, 0.1) is 0 Å². The molecule has 0 N–H and O–H groups in total. The maximum absolute atomic E-state index is 11.6. The normalized spacial score (nSPS) is 10.5. The molecule has 0 saturated heterocycles. The van der Waals surface area contributed by atoms with E-state index in [1.807, 2.05) is 12.1 Å². The first-order valence-corrected chi connectivity index (χ1v) is 6.80. The van der Waals surface area contributed by atoms with Gasteiger partial charge in [-0.15, -0.1) is 0 Å². The zero-order valence-corrected chi connectivity index (χ0v) is 13.0. The third kappa shape index (κ3) is 4.42. The highest BCUT2D eigenvalue weighted by molar-refractivity contribution is 5.71. The molecule has 0 aromatic heterocycles. The Hall–Kier alpha value is -1.75. The molecule has 5 heteroatoms. The fourth-order valence-electron chi connectivity index (χ4n) is 1.79. The third-order valence-electron chi connectivity index (χ3n) is 3.09. The molecular weight excluding hydrogens is 256 g/mol. The Bertz CT molecular complexity index is 443. The highest BCUT2D eigenvalue weighted by atomic mass is 16.6. The van der Waals surface area contributed by atoms with E-state index in [0.29, 0.717) is 11.5 Å². The SMILES string of the molecule is CCN(CC)Cc1ccc(OC(=O)N(C)C)c(OC)c1. The topological polar surface area (TPSA) is 42.0 Å². The molecule has 1 aromatic carbocycles. The summed E-state index contributed by atoms with van der Waals surface area (Å²) in [6, 6.07) is 5.65. The van der Waals surface area contributed by atoms with E-state index >= 15 is 0 Å². The molecule has 112 valence electrons. The van der Waals surface area contributed by atoms with Crippen molar-refractivity contribution in [3.8, 4) is 11.5 Å². The zero-order valence-electron chi connectivity index (χ0n) is 13.0. The van der Waals surface area contributed by atoms with Gasteiger partial charge in [-0.2, -0.15) is 0 Å². The molecule has 0 heterocycles. The van der Waals surface area contributed by atoms with Gasteiger partial charge in [-0.1, -0.05) is 19.9 Å². The summed E-state index contributed by atoms with van der Waals surface area (Å²) in [5.74, 6) is 1.01. The quantitative estimate of drug-likeness (QED) is 0.803. The molecule has 20 heavy (non-hydrogen) atoms. The molecule has 0 aliphatic heterocycles. The summed E-state index contributed by atoms with van der Waals surface area (Å²) in [6.45, 7) is 7.11. The van der Waals surface area contributed by atoms with Crippen molar-refractivity contribution < 1.29 is 14.3 Å². The third-order valence-corrected chi connectivity index (χ3v) is 3.09. The summed E-state index contributed by atoms with van der Waals surface area (Å²) in [5, 5.41) is 0. The van der Waals surface area contributed by atoms with Crippen LogP contribution >= 0.6 is 0 Å². The molecule has 1 amide bonds. The molecule has 0 unspecified atom stereocenters. The van der Waals surface area contributed by atoms with Gasteiger partial charge < -0.3 is 14.4 Å². The number of amides is 1. The van der Waals surface area contributed by atoms with Crippen molar-refractivity contribution in [2.24, 2.45) is 0 Å². The second-order valence-corrected chi connectivity index (χ2v) is 4.71. The van der Waals surface area contributed by atoms with Gasteiger partial charge in [-0.05, 0) is 30.8 Å². The van der Waals surface area contributed by atoms with Crippen molar-refractivity contribution in [1.82, 2.24) is 9.80 Å². The average Bonchev–Trinajstić information content (AvgIpc) is 2.45. The van der Waals surface area contributed by atoms with Gasteiger partial charge in [0.1, 0.15) is 0 Å². The summed E-state index contributed by atoms with van der Waals surface area (Å²) in [4.78, 5) is 15.3. The number of methoxy groups -OCH3 is 1. The number of nitrogens with zero attached hydrogens (tertiary/aromatic N) is 2. The maximum Gasteiger partial charge on any atom is 0.414 e. The Kier molecular flexibility index (Phi) is 6.31. The van der Waals surface area contributed by atoms with Gasteiger partial charge in [0.05, 0.1) is 7.11 Å². The summed E-state index contributed by atoms with van der Waals surface area (Å²) in [5.41, 5.74) is 1.13. The van der Waals surface area contributed by atoms with Crippen molar-refractivity contribution in [1.29, 1.82) is 0 Å². The van der Waals surface area contributed by atoms with Gasteiger partial charge in [-0.25, -0.2) is 4.79 Å². The predicted molar refractivity (Wildman–Crippen MR) is 79.3 cm³/mol. The van der Waals surface area contributed by atoms with E-state index in [4.69, 9.17) is 9.47 Å². The van der Waals surface area contributed by atoms with Gasteiger partial charge in [0.2, 0.25) is 0 Å². The Morgan fingerprint density at radius 2 is 1.80 bits per heavy atom. The summed E-state index contributed by atoms with van der Waals surface area (Å²) in [7, 11) is 4.86. The van der Waals surface area contributed by atoms with Crippen LogP contribution in [0.3, 0.4) is 0 Å². The summed E-state index contributed by atoms with van der Waals surface area (Å²) in [6.07, 6.45) is -0.417. The largest absolute Gasteiger partial charge is 0.493 e. The smallest absolute Gasteiger partial charge is 0.414 e. The van der Waals surface area contributed by atoms with Gasteiger partial charge in [0, 0.05) is 20.6 Å². The van der Waals surface area contributed by atoms with Crippen LogP contribution in [0.4, 0.5) is 4.79 Å². The lowest BCUT2D eigenvalue weighted by Crippen LogP contribution is -2.25. The highest BCUT2D eigenvalue weighted by Crippen LogP contribution is 2.29. The molecule has 0 spiro atoms. The lowest BCUT2D eigenvalue weighted by molar-refractivity contribution is 0.170. The minimum atomic E-state index is -0.417. The predicted octanol–water partition coefficient (Wildman–Crippen LogP) is 2.60. The van der Waals surface area contributed by atoms with Gasteiger partial charge in [-0.3, -0.25) is 4.90 Å². The van der Waals surface area contributed by atoms with Crippen LogP contribution in [-0.2, 0) is 6.54 Å². The van der Waals surface area contributed by atoms with Crippen LogP contribution in [0.5, 0.6) is 11.5 Å². The van der Waals surface area contributed by atoms with Crippen LogP contribution in [0.1, 0.15) is 19.4 Å². The molecule has 0 atom stereocenters. The van der Waals surface area contributed by atoms with Crippen LogP contribution in [0.2, 0.25) is 0 Å². The van der Waals surface area contributed by atoms with Gasteiger partial charge >= 0.3 is 6.09 Å². The molecule has 1 aromatic rings. The van der Waals surface area contributed by atoms with Crippen molar-refractivity contribution >= 4 is 6.09 Å². The maximum atomic E-state index is 11.6. The Morgan fingerprint density at radius 3 is 2.30 bits per heavy atom. The van der Waals surface area contributed by atoms with E-state index in [1.165, 1.54) is 4.90 Å². The molecule has 0 aliphatic carbocycles. The minimum Gasteiger partial charge on any atom is -0.493 e. The molecule has 1 rings (SSSR count). The van der Waals surface area contributed by atoms with E-state index in [0.717, 1.165) is 25.2 Å². The molecule has 0 bridgehead atoms. The summed E-state index contributed by atoms with van der Waals surface area (Å²) >= 11 is 0. The number of carbonyl (C=O) groups is 1. The van der Waals surface area contributed by atoms with Crippen molar-refractivity contribution in [2.45, 2.75) is 20.4 Å². The number of ether oxygens (including phenoxy) is 2. The minimum absolute atomic E-state index is 0.417. The summed E-state index contributed by atoms with van der Waals surface area (Å²) < 4.78 is 10.6. The second-order valence-electron chi connectivity index (χ2n) is 4.71. The van der Waals surface area contributed by atoms with Crippen molar-refractivity contribution in [2.75, 3.05) is 34.3 Å². The lowest BCUT2D eigenvalue weighted by atomic mass is 10.2. The fraction of sp³-hybridized carbons (Fsp3) is 0.533. The molecule has 5 nitrogen and oxygen atoms in total. The molecule has 0 fully saturated rings. The van der Waals surface area contributed by atoms with Crippen LogP contribution < -0.4 is 9.47 Å². The van der Waals surface area contributed by atoms with Gasteiger partial charge in [0.15, 0.2) is 11.5 Å². The Balaban J connectivity index is 2.87. The average molecular weight is 280 g/mol. The van der Waals surface area contributed by atoms with Crippen molar-refractivity contribution in [3.05, 3.63) is 23.8 Å². The Labute approximate surface area is 121 Å². The van der Waals surface area contributed by atoms with E-state index in [-0.39, 0.29) is 0 Å². The monoisotopic (exact) mass is 280 g/mol. The van der Waals surface area contributed by atoms with Crippen LogP contribution in [0.25, 0.3) is 0 Å². The zero-order chi connectivity index (χ0) is 15.1. The molecular formula is C15H24N2O3. The first-order chi connectivity index (χ1) is 9.51. The van der Waals surface area contributed by atoms with E-state index < -0.39 is 6.09 Å². The number of hydrogen-bond acceptors (Lipinski definition) is 4. The Morgan fingerprint density at radius 1 is 1.15 bits per heavy atom. The van der Waals surface area contributed by atoms with E-state index in [1.54, 1.807) is 27.3 Å². The fourth-order valence-corrected chi connectivity index (χ4v) is 1.79. The standard InChI is InChI=1S/C15H24N2O3/c1-6-17(7-2)11-12-8-9-13(14(10-12)19-5)20-15(18)16(3)4/h8-10H,6-7,11H2,1-5H3. The molecule has 0 radical (unpaired) electrons. The van der Waals surface area contributed by atoms with E-state index in [9.17, 15) is 4.79 Å². The number of hydrogen-bond donors (Lipinski definition) is 0. The molecule has 0 aliphatic rings. The first kappa shape index (κ1) is 16.3. The number of rotatable bonds is 6. The lowest BCUT2D eigenvalue weighted by Gasteiger charge is -2.19. The van der Waals surface area contributed by atoms with Crippen LogP contribution in [-0.4, -0.2) is 50.2 Å². The second kappa shape index (κ2) is 7.75. The van der Waals surface area contributed by atoms with E-state index in [2.05, 4.69) is 18.7 Å². The van der Waals surface area contributed by atoms with Crippen molar-refractivity contribution in [3.63, 3.8) is 0 Å². The first-order valence-electron chi connectivity index (χ1n) is 6.80. The number of carbonyl (C=O) groups excluding carboxylic acids is 1. The van der Waals surface area contributed by atoms with Gasteiger partial charge in [0.25, 0.3) is 0 Å². The van der Waals surface area contributed by atoms with Crippen LogP contribution in [0.15, 0.2) is 18.2 Å². The molecule has 0 saturated carbocycles. The number of benzene rings is 1. The highest BCUT2D eigenvalue weighted by Gasteiger charge is 2.12.